The molecule has 1 aromatic heterocycles. The van der Waals surface area contributed by atoms with E-state index in [9.17, 15) is 0 Å². The number of halogens is 2. The summed E-state index contributed by atoms with van der Waals surface area (Å²) in [6.07, 6.45) is 0. The molecule has 120 valence electrons. The second-order valence-corrected chi connectivity index (χ2v) is 8.39. The number of fused-ring (bicyclic) bond motifs is 5. The van der Waals surface area contributed by atoms with Gasteiger partial charge in [0, 0.05) is 35.2 Å². The summed E-state index contributed by atoms with van der Waals surface area (Å²) in [5.74, 6) is 0. The van der Waals surface area contributed by atoms with Crippen LogP contribution >= 0.6 is 38.9 Å². The van der Waals surface area contributed by atoms with Crippen molar-refractivity contribution in [3.05, 3.63) is 82.3 Å². The Bertz CT molecular complexity index is 1250. The van der Waals surface area contributed by atoms with Gasteiger partial charge in [-0.3, -0.25) is 0 Å². The van der Waals surface area contributed by atoms with E-state index in [0.29, 0.717) is 0 Å². The van der Waals surface area contributed by atoms with Crippen LogP contribution in [0.2, 0.25) is 5.02 Å². The zero-order valence-corrected chi connectivity index (χ0v) is 16.3. The van der Waals surface area contributed by atoms with E-state index < -0.39 is 0 Å². The molecule has 0 unspecified atom stereocenters. The Kier molecular flexibility index (Phi) is 3.60. The van der Waals surface area contributed by atoms with Crippen LogP contribution < -0.4 is 0 Å². The predicted octanol–water partition coefficient (Wildman–Crippen LogP) is 8.29. The lowest BCUT2D eigenvalue weighted by atomic mass is 10.0. The maximum Gasteiger partial charge on any atom is 0.0495 e. The van der Waals surface area contributed by atoms with Gasteiger partial charge in [0.1, 0.15) is 0 Å². The molecule has 0 aliphatic rings. The molecular formula is C22H12BrClS. The zero-order valence-electron chi connectivity index (χ0n) is 13.1. The second-order valence-electron chi connectivity index (χ2n) is 6.07. The third-order valence-electron chi connectivity index (χ3n) is 4.61. The van der Waals surface area contributed by atoms with Crippen molar-refractivity contribution in [3.63, 3.8) is 0 Å². The summed E-state index contributed by atoms with van der Waals surface area (Å²) >= 11 is 11.9. The Morgan fingerprint density at radius 2 is 1.60 bits per heavy atom. The van der Waals surface area contributed by atoms with Crippen molar-refractivity contribution in [2.75, 3.05) is 0 Å². The minimum Gasteiger partial charge on any atom is -0.135 e. The number of thiophene rings is 1. The maximum absolute atomic E-state index is 6.45. The summed E-state index contributed by atoms with van der Waals surface area (Å²) in [6, 6.07) is 25.6. The van der Waals surface area contributed by atoms with E-state index in [4.69, 9.17) is 11.6 Å². The minimum absolute atomic E-state index is 0.764. The average molecular weight is 424 g/mol. The number of hydrogen-bond donors (Lipinski definition) is 0. The van der Waals surface area contributed by atoms with Crippen molar-refractivity contribution in [1.82, 2.24) is 0 Å². The van der Waals surface area contributed by atoms with Crippen molar-refractivity contribution in [3.8, 4) is 11.1 Å². The molecule has 0 radical (unpaired) electrons. The SMILES string of the molecule is Clc1cccc(Br)c1-c1ccc2c(c1)sc1c3ccccc3ccc21. The van der Waals surface area contributed by atoms with Gasteiger partial charge >= 0.3 is 0 Å². The summed E-state index contributed by atoms with van der Waals surface area (Å²) in [6.45, 7) is 0. The van der Waals surface area contributed by atoms with E-state index in [1.807, 2.05) is 29.5 Å². The Balaban J connectivity index is 1.83. The summed E-state index contributed by atoms with van der Waals surface area (Å²) in [7, 11) is 0. The van der Waals surface area contributed by atoms with E-state index in [1.165, 1.54) is 30.9 Å². The van der Waals surface area contributed by atoms with Gasteiger partial charge < -0.3 is 0 Å². The topological polar surface area (TPSA) is 0 Å². The Hall–Kier alpha value is -1.87. The van der Waals surface area contributed by atoms with Crippen molar-refractivity contribution in [2.45, 2.75) is 0 Å². The van der Waals surface area contributed by atoms with Gasteiger partial charge in [0.15, 0.2) is 0 Å². The lowest BCUT2D eigenvalue weighted by molar-refractivity contribution is 1.61. The highest BCUT2D eigenvalue weighted by molar-refractivity contribution is 9.10. The number of rotatable bonds is 1. The summed E-state index contributed by atoms with van der Waals surface area (Å²) in [4.78, 5) is 0. The molecule has 0 saturated carbocycles. The predicted molar refractivity (Wildman–Crippen MR) is 115 cm³/mol. The molecule has 0 atom stereocenters. The van der Waals surface area contributed by atoms with E-state index in [1.54, 1.807) is 0 Å². The Labute approximate surface area is 162 Å². The molecule has 4 aromatic carbocycles. The van der Waals surface area contributed by atoms with Gasteiger partial charge in [0.25, 0.3) is 0 Å². The van der Waals surface area contributed by atoms with Crippen molar-refractivity contribution < 1.29 is 0 Å². The molecule has 25 heavy (non-hydrogen) atoms. The lowest BCUT2D eigenvalue weighted by Gasteiger charge is -2.07. The molecular weight excluding hydrogens is 412 g/mol. The molecule has 0 bridgehead atoms. The van der Waals surface area contributed by atoms with Gasteiger partial charge in [0.05, 0.1) is 0 Å². The van der Waals surface area contributed by atoms with Gasteiger partial charge in [0.2, 0.25) is 0 Å². The summed E-state index contributed by atoms with van der Waals surface area (Å²) in [5, 5.41) is 6.00. The van der Waals surface area contributed by atoms with Crippen LogP contribution in [0.3, 0.4) is 0 Å². The first-order chi connectivity index (χ1) is 12.2. The molecule has 0 aliphatic heterocycles. The highest BCUT2D eigenvalue weighted by Gasteiger charge is 2.12. The zero-order chi connectivity index (χ0) is 17.0. The standard InChI is InChI=1S/C22H12BrClS/c23-18-6-3-7-19(24)21(18)14-9-10-16-17-11-8-13-4-1-2-5-15(13)22(17)25-20(16)12-14/h1-12H. The van der Waals surface area contributed by atoms with Crippen LogP contribution in [-0.2, 0) is 0 Å². The van der Waals surface area contributed by atoms with Crippen LogP contribution in [0, 0.1) is 0 Å². The van der Waals surface area contributed by atoms with Crippen LogP contribution in [0.1, 0.15) is 0 Å². The van der Waals surface area contributed by atoms with Crippen molar-refractivity contribution in [2.24, 2.45) is 0 Å². The van der Waals surface area contributed by atoms with E-state index in [2.05, 4.69) is 70.5 Å². The molecule has 0 nitrogen and oxygen atoms in total. The Morgan fingerprint density at radius 3 is 2.48 bits per heavy atom. The highest BCUT2D eigenvalue weighted by atomic mass is 79.9. The fourth-order valence-corrected chi connectivity index (χ4v) is 5.70. The third kappa shape index (κ3) is 2.40. The van der Waals surface area contributed by atoms with Gasteiger partial charge in [-0.15, -0.1) is 11.3 Å². The monoisotopic (exact) mass is 422 g/mol. The van der Waals surface area contributed by atoms with E-state index in [0.717, 1.165) is 20.6 Å². The second kappa shape index (κ2) is 5.84. The molecule has 1 heterocycles. The number of benzene rings is 4. The average Bonchev–Trinajstić information content (AvgIpc) is 3.00. The normalized spacial score (nSPS) is 11.6. The lowest BCUT2D eigenvalue weighted by Crippen LogP contribution is -1.81. The van der Waals surface area contributed by atoms with Crippen LogP contribution in [0.4, 0.5) is 0 Å². The van der Waals surface area contributed by atoms with Crippen LogP contribution in [-0.4, -0.2) is 0 Å². The summed E-state index contributed by atoms with van der Waals surface area (Å²) < 4.78 is 3.66. The fraction of sp³-hybridized carbons (Fsp3) is 0. The first kappa shape index (κ1) is 15.4. The maximum atomic E-state index is 6.45. The van der Waals surface area contributed by atoms with Gasteiger partial charge in [-0.1, -0.05) is 82.1 Å². The quantitative estimate of drug-likeness (QED) is 0.254. The molecule has 0 aliphatic carbocycles. The van der Waals surface area contributed by atoms with Crippen molar-refractivity contribution in [1.29, 1.82) is 0 Å². The highest BCUT2D eigenvalue weighted by Crippen LogP contribution is 2.42. The van der Waals surface area contributed by atoms with E-state index >= 15 is 0 Å². The van der Waals surface area contributed by atoms with Gasteiger partial charge in [-0.05, 0) is 34.5 Å². The van der Waals surface area contributed by atoms with Gasteiger partial charge in [-0.25, -0.2) is 0 Å². The molecule has 0 N–H and O–H groups in total. The van der Waals surface area contributed by atoms with Crippen molar-refractivity contribution >= 4 is 69.8 Å². The third-order valence-corrected chi connectivity index (χ3v) is 6.79. The summed E-state index contributed by atoms with van der Waals surface area (Å²) in [5.41, 5.74) is 2.19. The van der Waals surface area contributed by atoms with E-state index in [-0.39, 0.29) is 0 Å². The number of hydrogen-bond acceptors (Lipinski definition) is 1. The van der Waals surface area contributed by atoms with Crippen LogP contribution in [0.25, 0.3) is 42.1 Å². The molecule has 0 fully saturated rings. The largest absolute Gasteiger partial charge is 0.135 e. The van der Waals surface area contributed by atoms with Crippen LogP contribution in [0.15, 0.2) is 77.3 Å². The fourth-order valence-electron chi connectivity index (χ4n) is 3.43. The molecule has 5 aromatic rings. The first-order valence-corrected chi connectivity index (χ1v) is 9.99. The van der Waals surface area contributed by atoms with Gasteiger partial charge in [-0.2, -0.15) is 0 Å². The smallest absolute Gasteiger partial charge is 0.0495 e. The molecule has 3 heteroatoms. The minimum atomic E-state index is 0.764. The Morgan fingerprint density at radius 1 is 0.760 bits per heavy atom. The first-order valence-electron chi connectivity index (χ1n) is 8.01. The molecule has 0 amide bonds. The molecule has 0 saturated heterocycles. The van der Waals surface area contributed by atoms with Crippen LogP contribution in [0.5, 0.6) is 0 Å². The molecule has 5 rings (SSSR count). The molecule has 0 spiro atoms.